The molecule has 0 bridgehead atoms. The fourth-order valence-electron chi connectivity index (χ4n) is 3.12. The van der Waals surface area contributed by atoms with Crippen LogP contribution in [-0.2, 0) is 4.74 Å². The Labute approximate surface area is 144 Å². The average Bonchev–Trinajstić information content (AvgIpc) is 3.11. The molecule has 0 amide bonds. The second kappa shape index (κ2) is 8.09. The summed E-state index contributed by atoms with van der Waals surface area (Å²) >= 11 is 0. The van der Waals surface area contributed by atoms with Gasteiger partial charge in [-0.15, -0.1) is 0 Å². The van der Waals surface area contributed by atoms with Gasteiger partial charge in [-0.2, -0.15) is 0 Å². The predicted molar refractivity (Wildman–Crippen MR) is 98.5 cm³/mol. The van der Waals surface area contributed by atoms with Gasteiger partial charge in [0, 0.05) is 5.92 Å². The number of benzene rings is 2. The number of rotatable bonds is 5. The van der Waals surface area contributed by atoms with Crippen LogP contribution in [0.1, 0.15) is 30.6 Å². The van der Waals surface area contributed by atoms with E-state index in [-0.39, 0.29) is 0 Å². The molecule has 0 aliphatic carbocycles. The van der Waals surface area contributed by atoms with E-state index in [0.717, 1.165) is 12.2 Å². The Morgan fingerprint density at radius 1 is 1.12 bits per heavy atom. The van der Waals surface area contributed by atoms with Gasteiger partial charge in [-0.1, -0.05) is 72.8 Å². The summed E-state index contributed by atoms with van der Waals surface area (Å²) in [4.78, 5) is 0. The summed E-state index contributed by atoms with van der Waals surface area (Å²) in [6.45, 7) is 3.58. The lowest BCUT2D eigenvalue weighted by Gasteiger charge is -2.11. The molecule has 1 N–H and O–H groups in total. The fraction of sp³-hybridized carbons (Fsp3) is 0.273. The van der Waals surface area contributed by atoms with E-state index < -0.39 is 6.10 Å². The standard InChI is InChI=1S/C22H24O2/c1-17(18-9-4-2-5-10-18)21-16-24-15-20(21)13-8-14-22(23)19-11-6-3-7-12-19/h2-13,20,22-23H,14-16H2,1H3/b13-8+,21-17-/t20-,22+/m1/s1. The minimum atomic E-state index is -0.451. The van der Waals surface area contributed by atoms with Gasteiger partial charge in [0.05, 0.1) is 19.3 Å². The van der Waals surface area contributed by atoms with Crippen LogP contribution in [0.25, 0.3) is 5.57 Å². The molecule has 1 heterocycles. The Kier molecular flexibility index (Phi) is 5.63. The van der Waals surface area contributed by atoms with E-state index in [2.05, 4.69) is 43.3 Å². The van der Waals surface area contributed by atoms with Gasteiger partial charge in [-0.3, -0.25) is 0 Å². The van der Waals surface area contributed by atoms with Crippen molar-refractivity contribution in [2.24, 2.45) is 5.92 Å². The van der Waals surface area contributed by atoms with Crippen LogP contribution < -0.4 is 0 Å². The van der Waals surface area contributed by atoms with Crippen molar-refractivity contribution >= 4 is 5.57 Å². The van der Waals surface area contributed by atoms with E-state index in [1.807, 2.05) is 36.4 Å². The van der Waals surface area contributed by atoms with Crippen molar-refractivity contribution in [2.45, 2.75) is 19.4 Å². The molecule has 3 rings (SSSR count). The monoisotopic (exact) mass is 320 g/mol. The number of aliphatic hydroxyl groups excluding tert-OH is 1. The molecule has 1 aliphatic rings. The molecule has 1 saturated heterocycles. The molecule has 2 nitrogen and oxygen atoms in total. The molecule has 0 saturated carbocycles. The van der Waals surface area contributed by atoms with Crippen molar-refractivity contribution in [1.82, 2.24) is 0 Å². The lowest BCUT2D eigenvalue weighted by Crippen LogP contribution is -2.01. The van der Waals surface area contributed by atoms with Gasteiger partial charge < -0.3 is 9.84 Å². The lowest BCUT2D eigenvalue weighted by molar-refractivity contribution is 0.181. The molecule has 1 aliphatic heterocycles. The van der Waals surface area contributed by atoms with Gasteiger partial charge in [-0.25, -0.2) is 0 Å². The summed E-state index contributed by atoms with van der Waals surface area (Å²) < 4.78 is 5.68. The Hall–Kier alpha value is -2.16. The Morgan fingerprint density at radius 2 is 1.79 bits per heavy atom. The van der Waals surface area contributed by atoms with E-state index >= 15 is 0 Å². The first-order valence-electron chi connectivity index (χ1n) is 8.48. The largest absolute Gasteiger partial charge is 0.388 e. The quantitative estimate of drug-likeness (QED) is 0.803. The summed E-state index contributed by atoms with van der Waals surface area (Å²) in [7, 11) is 0. The van der Waals surface area contributed by atoms with E-state index in [0.29, 0.717) is 18.9 Å². The molecule has 2 aromatic carbocycles. The molecule has 2 atom stereocenters. The van der Waals surface area contributed by atoms with Crippen LogP contribution in [0.2, 0.25) is 0 Å². The third-order valence-electron chi connectivity index (χ3n) is 4.60. The Balaban J connectivity index is 1.68. The highest BCUT2D eigenvalue weighted by atomic mass is 16.5. The molecule has 1 fully saturated rings. The van der Waals surface area contributed by atoms with E-state index in [1.54, 1.807) is 0 Å². The smallest absolute Gasteiger partial charge is 0.0824 e. The van der Waals surface area contributed by atoms with Gasteiger partial charge in [0.25, 0.3) is 0 Å². The summed E-state index contributed by atoms with van der Waals surface area (Å²) in [5.74, 6) is 0.299. The minimum absolute atomic E-state index is 0.299. The summed E-state index contributed by atoms with van der Waals surface area (Å²) in [5.41, 5.74) is 4.85. The van der Waals surface area contributed by atoms with Crippen molar-refractivity contribution < 1.29 is 9.84 Å². The maximum Gasteiger partial charge on any atom is 0.0824 e. The maximum absolute atomic E-state index is 10.3. The van der Waals surface area contributed by atoms with Crippen LogP contribution in [0, 0.1) is 5.92 Å². The van der Waals surface area contributed by atoms with Gasteiger partial charge >= 0.3 is 0 Å². The normalized spacial score (nSPS) is 21.2. The van der Waals surface area contributed by atoms with Crippen LogP contribution in [-0.4, -0.2) is 18.3 Å². The molecule has 24 heavy (non-hydrogen) atoms. The molecular formula is C22H24O2. The highest BCUT2D eigenvalue weighted by Crippen LogP contribution is 2.30. The first-order valence-corrected chi connectivity index (χ1v) is 8.48. The average molecular weight is 320 g/mol. The Morgan fingerprint density at radius 3 is 2.50 bits per heavy atom. The maximum atomic E-state index is 10.3. The molecule has 0 aromatic heterocycles. The topological polar surface area (TPSA) is 29.5 Å². The zero-order valence-electron chi connectivity index (χ0n) is 14.1. The summed E-state index contributed by atoms with van der Waals surface area (Å²) in [6, 6.07) is 20.2. The van der Waals surface area contributed by atoms with Gasteiger partial charge in [0.1, 0.15) is 0 Å². The lowest BCUT2D eigenvalue weighted by atomic mass is 9.93. The van der Waals surface area contributed by atoms with Crippen molar-refractivity contribution in [2.75, 3.05) is 13.2 Å². The second-order valence-electron chi connectivity index (χ2n) is 6.23. The van der Waals surface area contributed by atoms with Crippen molar-refractivity contribution in [3.63, 3.8) is 0 Å². The molecule has 2 aromatic rings. The number of ether oxygens (including phenoxy) is 1. The number of aliphatic hydroxyl groups is 1. The molecule has 0 radical (unpaired) electrons. The summed E-state index contributed by atoms with van der Waals surface area (Å²) in [6.07, 6.45) is 4.43. The third kappa shape index (κ3) is 4.02. The molecule has 0 unspecified atom stereocenters. The van der Waals surface area contributed by atoms with Crippen LogP contribution >= 0.6 is 0 Å². The fourth-order valence-corrected chi connectivity index (χ4v) is 3.12. The van der Waals surface area contributed by atoms with Crippen LogP contribution in [0.5, 0.6) is 0 Å². The molecule has 2 heteroatoms. The third-order valence-corrected chi connectivity index (χ3v) is 4.60. The molecule has 0 spiro atoms. The van der Waals surface area contributed by atoms with Crippen LogP contribution in [0.15, 0.2) is 78.4 Å². The van der Waals surface area contributed by atoms with Crippen LogP contribution in [0.3, 0.4) is 0 Å². The molecular weight excluding hydrogens is 296 g/mol. The highest BCUT2D eigenvalue weighted by Gasteiger charge is 2.21. The Bertz CT molecular complexity index is 701. The zero-order valence-corrected chi connectivity index (χ0v) is 14.1. The molecule has 124 valence electrons. The predicted octanol–water partition coefficient (Wildman–Crippen LogP) is 4.79. The number of hydrogen-bond donors (Lipinski definition) is 1. The van der Waals surface area contributed by atoms with Gasteiger partial charge in [0.2, 0.25) is 0 Å². The summed E-state index contributed by atoms with van der Waals surface area (Å²) in [5, 5.41) is 10.3. The van der Waals surface area contributed by atoms with E-state index in [1.165, 1.54) is 16.7 Å². The highest BCUT2D eigenvalue weighted by molar-refractivity contribution is 5.68. The number of allylic oxidation sites excluding steroid dienone is 1. The van der Waals surface area contributed by atoms with Crippen molar-refractivity contribution in [3.8, 4) is 0 Å². The zero-order chi connectivity index (χ0) is 16.8. The first-order chi connectivity index (χ1) is 11.8. The minimum Gasteiger partial charge on any atom is -0.388 e. The second-order valence-corrected chi connectivity index (χ2v) is 6.23. The SMILES string of the molecule is C/C(=C1\COC[C@H]1/C=C/C[C@H](O)c1ccccc1)c1ccccc1. The van der Waals surface area contributed by atoms with Crippen molar-refractivity contribution in [3.05, 3.63) is 89.5 Å². The van der Waals surface area contributed by atoms with E-state index in [4.69, 9.17) is 4.74 Å². The van der Waals surface area contributed by atoms with Crippen LogP contribution in [0.4, 0.5) is 0 Å². The van der Waals surface area contributed by atoms with Crippen molar-refractivity contribution in [1.29, 1.82) is 0 Å². The van der Waals surface area contributed by atoms with Gasteiger partial charge in [0.15, 0.2) is 0 Å². The first kappa shape index (κ1) is 16.7. The van der Waals surface area contributed by atoms with E-state index in [9.17, 15) is 5.11 Å². The van der Waals surface area contributed by atoms with Gasteiger partial charge in [-0.05, 0) is 35.6 Å². The number of hydrogen-bond acceptors (Lipinski definition) is 2.